The van der Waals surface area contributed by atoms with Crippen LogP contribution in [0.25, 0.3) is 0 Å². The van der Waals surface area contributed by atoms with Gasteiger partial charge in [-0.05, 0) is 18.2 Å². The lowest BCUT2D eigenvalue weighted by atomic mass is 10.3. The summed E-state index contributed by atoms with van der Waals surface area (Å²) in [5, 5.41) is 3.56. The van der Waals surface area contributed by atoms with Crippen LogP contribution in [0.1, 0.15) is 0 Å². The van der Waals surface area contributed by atoms with Crippen LogP contribution in [0.4, 0.5) is 5.69 Å². The van der Waals surface area contributed by atoms with Gasteiger partial charge in [0.1, 0.15) is 0 Å². The zero-order valence-corrected chi connectivity index (χ0v) is 8.96. The van der Waals surface area contributed by atoms with Gasteiger partial charge in [-0.1, -0.05) is 23.2 Å². The maximum absolute atomic E-state index is 10.9. The van der Waals surface area contributed by atoms with E-state index in [-0.39, 0.29) is 11.7 Å². The Morgan fingerprint density at radius 2 is 1.85 bits per heavy atom. The maximum Gasteiger partial charge on any atom is 0.234 e. The molecule has 13 heavy (non-hydrogen) atoms. The van der Waals surface area contributed by atoms with Gasteiger partial charge in [0.25, 0.3) is 0 Å². The van der Waals surface area contributed by atoms with Crippen LogP contribution in [0, 0.1) is 0 Å². The summed E-state index contributed by atoms with van der Waals surface area (Å²) in [7, 11) is 0. The summed E-state index contributed by atoms with van der Waals surface area (Å²) in [4.78, 5) is 10.9. The second-order valence-corrected chi connectivity index (χ2v) is 3.55. The van der Waals surface area contributed by atoms with E-state index in [4.69, 9.17) is 23.2 Å². The van der Waals surface area contributed by atoms with E-state index in [1.807, 2.05) is 0 Å². The van der Waals surface area contributed by atoms with E-state index in [0.29, 0.717) is 15.7 Å². The molecule has 0 aliphatic carbocycles. The molecule has 2 nitrogen and oxygen atoms in total. The van der Waals surface area contributed by atoms with Crippen LogP contribution in [0.5, 0.6) is 0 Å². The number of hydrogen-bond donors (Lipinski definition) is 2. The third-order valence-corrected chi connectivity index (χ3v) is 2.01. The van der Waals surface area contributed by atoms with Crippen LogP contribution in [-0.2, 0) is 4.79 Å². The molecule has 0 fully saturated rings. The van der Waals surface area contributed by atoms with Crippen LogP contribution < -0.4 is 5.32 Å². The molecule has 0 saturated carbocycles. The second-order valence-electron chi connectivity index (χ2n) is 2.36. The summed E-state index contributed by atoms with van der Waals surface area (Å²) in [6.45, 7) is 0. The molecule has 0 spiro atoms. The van der Waals surface area contributed by atoms with Gasteiger partial charge in [-0.3, -0.25) is 4.79 Å². The minimum atomic E-state index is -0.193. The van der Waals surface area contributed by atoms with Gasteiger partial charge in [0, 0.05) is 15.7 Å². The summed E-state index contributed by atoms with van der Waals surface area (Å²) in [5.74, 6) is -0.0638. The number of thiol groups is 1. The fourth-order valence-corrected chi connectivity index (χ4v) is 1.43. The number of benzene rings is 1. The van der Waals surface area contributed by atoms with Crippen LogP contribution in [0.15, 0.2) is 18.2 Å². The number of halogens is 2. The van der Waals surface area contributed by atoms with Gasteiger partial charge >= 0.3 is 0 Å². The van der Waals surface area contributed by atoms with Gasteiger partial charge in [-0.15, -0.1) is 0 Å². The number of rotatable bonds is 2. The minimum Gasteiger partial charge on any atom is -0.325 e. The summed E-state index contributed by atoms with van der Waals surface area (Å²) in [6, 6.07) is 4.84. The molecule has 70 valence electrons. The van der Waals surface area contributed by atoms with Crippen molar-refractivity contribution in [1.29, 1.82) is 0 Å². The predicted octanol–water partition coefficient (Wildman–Crippen LogP) is 2.86. The third kappa shape index (κ3) is 3.46. The van der Waals surface area contributed by atoms with Crippen molar-refractivity contribution in [3.63, 3.8) is 0 Å². The summed E-state index contributed by atoms with van der Waals surface area (Å²) < 4.78 is 0. The lowest BCUT2D eigenvalue weighted by Gasteiger charge is -2.03. The van der Waals surface area contributed by atoms with E-state index in [2.05, 4.69) is 17.9 Å². The number of anilines is 1. The van der Waals surface area contributed by atoms with Crippen molar-refractivity contribution in [2.45, 2.75) is 0 Å². The molecule has 1 amide bonds. The van der Waals surface area contributed by atoms with Gasteiger partial charge < -0.3 is 5.32 Å². The second kappa shape index (κ2) is 4.74. The molecule has 0 aromatic heterocycles. The van der Waals surface area contributed by atoms with E-state index in [9.17, 15) is 4.79 Å². The molecule has 0 aliphatic heterocycles. The molecule has 1 aromatic rings. The SMILES string of the molecule is O=C(CS)Nc1cc(Cl)cc(Cl)c1. The van der Waals surface area contributed by atoms with E-state index < -0.39 is 0 Å². The fraction of sp³-hybridized carbons (Fsp3) is 0.125. The summed E-state index contributed by atoms with van der Waals surface area (Å²) in [5.41, 5.74) is 0.580. The van der Waals surface area contributed by atoms with Gasteiger partial charge in [0.2, 0.25) is 5.91 Å². The van der Waals surface area contributed by atoms with E-state index in [1.165, 1.54) is 0 Å². The Hall–Kier alpha value is -0.380. The first-order chi connectivity index (χ1) is 6.11. The normalized spacial score (nSPS) is 9.77. The number of amides is 1. The summed E-state index contributed by atoms with van der Waals surface area (Å²) >= 11 is 15.3. The van der Waals surface area contributed by atoms with Gasteiger partial charge in [-0.2, -0.15) is 12.6 Å². The molecule has 0 saturated heterocycles. The summed E-state index contributed by atoms with van der Waals surface area (Å²) in [6.07, 6.45) is 0. The Morgan fingerprint density at radius 3 is 2.31 bits per heavy atom. The van der Waals surface area contributed by atoms with Crippen LogP contribution in [0.2, 0.25) is 10.0 Å². The Labute approximate surface area is 91.6 Å². The smallest absolute Gasteiger partial charge is 0.234 e. The maximum atomic E-state index is 10.9. The Morgan fingerprint density at radius 1 is 1.31 bits per heavy atom. The van der Waals surface area contributed by atoms with E-state index >= 15 is 0 Å². The molecule has 1 aromatic carbocycles. The molecule has 0 bridgehead atoms. The lowest BCUT2D eigenvalue weighted by molar-refractivity contribution is -0.113. The highest BCUT2D eigenvalue weighted by molar-refractivity contribution is 7.81. The number of carbonyl (C=O) groups excluding carboxylic acids is 1. The average Bonchev–Trinajstić information content (AvgIpc) is 2.02. The molecule has 0 atom stereocenters. The van der Waals surface area contributed by atoms with Crippen molar-refractivity contribution in [3.8, 4) is 0 Å². The molecule has 5 heteroatoms. The standard InChI is InChI=1S/C8H7Cl2NOS/c9-5-1-6(10)3-7(2-5)11-8(12)4-13/h1-3,13H,4H2,(H,11,12). The molecule has 0 heterocycles. The Balaban J connectivity index is 2.83. The first-order valence-corrected chi connectivity index (χ1v) is 4.87. The van der Waals surface area contributed by atoms with Crippen molar-refractivity contribution in [2.75, 3.05) is 11.1 Å². The molecule has 0 radical (unpaired) electrons. The Kier molecular flexibility index (Phi) is 3.90. The van der Waals surface area contributed by atoms with Crippen molar-refractivity contribution < 1.29 is 4.79 Å². The molecule has 0 aliphatic rings. The average molecular weight is 236 g/mol. The zero-order valence-electron chi connectivity index (χ0n) is 6.55. The first-order valence-electron chi connectivity index (χ1n) is 3.48. The third-order valence-electron chi connectivity index (χ3n) is 1.29. The van der Waals surface area contributed by atoms with Crippen molar-refractivity contribution in [1.82, 2.24) is 0 Å². The minimum absolute atomic E-state index is 0.129. The molecular formula is C8H7Cl2NOS. The number of hydrogen-bond acceptors (Lipinski definition) is 2. The van der Waals surface area contributed by atoms with Crippen LogP contribution >= 0.6 is 35.8 Å². The van der Waals surface area contributed by atoms with E-state index in [0.717, 1.165) is 0 Å². The molecule has 1 rings (SSSR count). The van der Waals surface area contributed by atoms with Crippen LogP contribution in [-0.4, -0.2) is 11.7 Å². The largest absolute Gasteiger partial charge is 0.325 e. The van der Waals surface area contributed by atoms with Crippen molar-refractivity contribution in [2.24, 2.45) is 0 Å². The van der Waals surface area contributed by atoms with E-state index in [1.54, 1.807) is 18.2 Å². The highest BCUT2D eigenvalue weighted by Gasteiger charge is 2.01. The highest BCUT2D eigenvalue weighted by Crippen LogP contribution is 2.22. The first kappa shape index (κ1) is 10.7. The van der Waals surface area contributed by atoms with Gasteiger partial charge in [0.15, 0.2) is 0 Å². The number of carbonyl (C=O) groups is 1. The molecular weight excluding hydrogens is 229 g/mol. The lowest BCUT2D eigenvalue weighted by Crippen LogP contribution is -2.12. The van der Waals surface area contributed by atoms with Gasteiger partial charge in [-0.25, -0.2) is 0 Å². The monoisotopic (exact) mass is 235 g/mol. The highest BCUT2D eigenvalue weighted by atomic mass is 35.5. The molecule has 0 unspecified atom stereocenters. The number of nitrogens with one attached hydrogen (secondary N) is 1. The quantitative estimate of drug-likeness (QED) is 0.759. The molecule has 1 N–H and O–H groups in total. The van der Waals surface area contributed by atoms with Crippen molar-refractivity contribution in [3.05, 3.63) is 28.2 Å². The Bertz CT molecular complexity index is 310. The van der Waals surface area contributed by atoms with Gasteiger partial charge in [0.05, 0.1) is 5.75 Å². The zero-order chi connectivity index (χ0) is 9.84. The topological polar surface area (TPSA) is 29.1 Å². The predicted molar refractivity (Wildman–Crippen MR) is 58.9 cm³/mol. The van der Waals surface area contributed by atoms with Crippen LogP contribution in [0.3, 0.4) is 0 Å². The van der Waals surface area contributed by atoms with Crippen molar-refractivity contribution >= 4 is 47.4 Å². The fourth-order valence-electron chi connectivity index (χ4n) is 0.827.